The van der Waals surface area contributed by atoms with Gasteiger partial charge in [-0.2, -0.15) is 0 Å². The van der Waals surface area contributed by atoms with Gasteiger partial charge in [-0.25, -0.2) is 0 Å². The molecule has 0 aliphatic carbocycles. The normalized spacial score (nSPS) is 17.6. The molecule has 1 N–H and O–H groups in total. The predicted octanol–water partition coefficient (Wildman–Crippen LogP) is 2.93. The van der Waals surface area contributed by atoms with Crippen molar-refractivity contribution < 1.29 is 14.3 Å². The summed E-state index contributed by atoms with van der Waals surface area (Å²) in [7, 11) is 0. The molecule has 0 bridgehead atoms. The highest BCUT2D eigenvalue weighted by molar-refractivity contribution is 6.31. The maximum atomic E-state index is 12.2. The van der Waals surface area contributed by atoms with Crippen molar-refractivity contribution in [1.29, 1.82) is 0 Å². The number of hydrogen-bond donors (Lipinski definition) is 1. The summed E-state index contributed by atoms with van der Waals surface area (Å²) in [6, 6.07) is 5.52. The van der Waals surface area contributed by atoms with E-state index in [-0.39, 0.29) is 30.3 Å². The SMILES string of the molecule is Cc1ccc(N2C[C@@H](C(=O)NCCCOC(C)C)CC2=O)cc1Cl. The van der Waals surface area contributed by atoms with Gasteiger partial charge in [-0.1, -0.05) is 17.7 Å². The van der Waals surface area contributed by atoms with Crippen LogP contribution in [0, 0.1) is 12.8 Å². The standard InChI is InChI=1S/C18H25ClN2O3/c1-12(2)24-8-4-7-20-18(23)14-9-17(22)21(11-14)15-6-5-13(3)16(19)10-15/h5-6,10,12,14H,4,7-9,11H2,1-3H3,(H,20,23)/t14-/m0/s1. The fourth-order valence-corrected chi connectivity index (χ4v) is 2.80. The first-order valence-electron chi connectivity index (χ1n) is 8.34. The first-order valence-corrected chi connectivity index (χ1v) is 8.72. The number of aryl methyl sites for hydroxylation is 1. The van der Waals surface area contributed by atoms with E-state index in [1.54, 1.807) is 11.0 Å². The topological polar surface area (TPSA) is 58.6 Å². The molecule has 0 unspecified atom stereocenters. The summed E-state index contributed by atoms with van der Waals surface area (Å²) >= 11 is 6.13. The molecule has 1 aliphatic heterocycles. The van der Waals surface area contributed by atoms with E-state index in [2.05, 4.69) is 5.32 Å². The van der Waals surface area contributed by atoms with E-state index in [1.165, 1.54) is 0 Å². The van der Waals surface area contributed by atoms with E-state index in [0.717, 1.165) is 17.7 Å². The second kappa shape index (κ2) is 8.49. The minimum absolute atomic E-state index is 0.0433. The highest BCUT2D eigenvalue weighted by atomic mass is 35.5. The van der Waals surface area contributed by atoms with Crippen LogP contribution >= 0.6 is 11.6 Å². The Bertz CT molecular complexity index is 604. The van der Waals surface area contributed by atoms with Crippen molar-refractivity contribution in [3.05, 3.63) is 28.8 Å². The van der Waals surface area contributed by atoms with Crippen molar-refractivity contribution in [3.8, 4) is 0 Å². The number of amides is 2. The summed E-state index contributed by atoms with van der Waals surface area (Å²) in [5, 5.41) is 3.51. The van der Waals surface area contributed by atoms with E-state index >= 15 is 0 Å². The Kier molecular flexibility index (Phi) is 6.63. The summed E-state index contributed by atoms with van der Waals surface area (Å²) in [5.41, 5.74) is 1.71. The van der Waals surface area contributed by atoms with Gasteiger partial charge in [0.1, 0.15) is 0 Å². The first-order chi connectivity index (χ1) is 11.4. The number of rotatable bonds is 7. The van der Waals surface area contributed by atoms with Crippen molar-refractivity contribution in [2.75, 3.05) is 24.6 Å². The van der Waals surface area contributed by atoms with E-state index in [1.807, 2.05) is 32.9 Å². The van der Waals surface area contributed by atoms with Crippen LogP contribution in [0.15, 0.2) is 18.2 Å². The van der Waals surface area contributed by atoms with Crippen molar-refractivity contribution in [1.82, 2.24) is 5.32 Å². The van der Waals surface area contributed by atoms with E-state index in [9.17, 15) is 9.59 Å². The zero-order valence-corrected chi connectivity index (χ0v) is 15.2. The number of carbonyl (C=O) groups excluding carboxylic acids is 2. The molecule has 0 radical (unpaired) electrons. The van der Waals surface area contributed by atoms with Crippen LogP contribution in [0.25, 0.3) is 0 Å². The number of hydrogen-bond acceptors (Lipinski definition) is 3. The van der Waals surface area contributed by atoms with Crippen molar-refractivity contribution >= 4 is 29.1 Å². The second-order valence-corrected chi connectivity index (χ2v) is 6.81. The summed E-state index contributed by atoms with van der Waals surface area (Å²) in [6.07, 6.45) is 1.20. The molecule has 2 rings (SSSR count). The Morgan fingerprint density at radius 2 is 2.21 bits per heavy atom. The molecule has 0 spiro atoms. The molecular formula is C18H25ClN2O3. The summed E-state index contributed by atoms with van der Waals surface area (Å²) in [5.74, 6) is -0.435. The number of ether oxygens (including phenoxy) is 1. The lowest BCUT2D eigenvalue weighted by Crippen LogP contribution is -2.34. The number of benzene rings is 1. The number of carbonyl (C=O) groups is 2. The largest absolute Gasteiger partial charge is 0.379 e. The molecule has 1 aliphatic rings. The van der Waals surface area contributed by atoms with Gasteiger partial charge in [-0.3, -0.25) is 9.59 Å². The molecule has 24 heavy (non-hydrogen) atoms. The fourth-order valence-electron chi connectivity index (χ4n) is 2.63. The lowest BCUT2D eigenvalue weighted by atomic mass is 10.1. The van der Waals surface area contributed by atoms with Gasteiger partial charge in [0.25, 0.3) is 0 Å². The highest BCUT2D eigenvalue weighted by Gasteiger charge is 2.35. The third-order valence-electron chi connectivity index (χ3n) is 4.03. The molecule has 6 heteroatoms. The first kappa shape index (κ1) is 18.7. The zero-order chi connectivity index (χ0) is 17.7. The maximum Gasteiger partial charge on any atom is 0.227 e. The average Bonchev–Trinajstić information content (AvgIpc) is 2.91. The summed E-state index contributed by atoms with van der Waals surface area (Å²) in [4.78, 5) is 26.1. The molecule has 2 amide bonds. The zero-order valence-electron chi connectivity index (χ0n) is 14.5. The fraction of sp³-hybridized carbons (Fsp3) is 0.556. The van der Waals surface area contributed by atoms with E-state index in [4.69, 9.17) is 16.3 Å². The lowest BCUT2D eigenvalue weighted by molar-refractivity contribution is -0.126. The average molecular weight is 353 g/mol. The van der Waals surface area contributed by atoms with Gasteiger partial charge < -0.3 is 15.0 Å². The van der Waals surface area contributed by atoms with Crippen LogP contribution in [0.5, 0.6) is 0 Å². The monoisotopic (exact) mass is 352 g/mol. The van der Waals surface area contributed by atoms with Gasteiger partial charge >= 0.3 is 0 Å². The molecular weight excluding hydrogens is 328 g/mol. The number of halogens is 1. The summed E-state index contributed by atoms with van der Waals surface area (Å²) < 4.78 is 5.44. The Labute approximate surface area is 148 Å². The second-order valence-electron chi connectivity index (χ2n) is 6.40. The third-order valence-corrected chi connectivity index (χ3v) is 4.44. The Hall–Kier alpha value is -1.59. The number of nitrogens with zero attached hydrogens (tertiary/aromatic N) is 1. The molecule has 132 valence electrons. The van der Waals surface area contributed by atoms with Crippen LogP contribution < -0.4 is 10.2 Å². The predicted molar refractivity (Wildman–Crippen MR) is 95.4 cm³/mol. The van der Waals surface area contributed by atoms with E-state index in [0.29, 0.717) is 24.7 Å². The molecule has 1 saturated heterocycles. The highest BCUT2D eigenvalue weighted by Crippen LogP contribution is 2.28. The van der Waals surface area contributed by atoms with Crippen LogP contribution in [0.2, 0.25) is 5.02 Å². The van der Waals surface area contributed by atoms with Crippen LogP contribution in [0.1, 0.15) is 32.3 Å². The Morgan fingerprint density at radius 3 is 2.88 bits per heavy atom. The minimum atomic E-state index is -0.316. The van der Waals surface area contributed by atoms with Crippen molar-refractivity contribution in [2.24, 2.45) is 5.92 Å². The maximum absolute atomic E-state index is 12.2. The molecule has 1 heterocycles. The lowest BCUT2D eigenvalue weighted by Gasteiger charge is -2.17. The molecule has 5 nitrogen and oxygen atoms in total. The van der Waals surface area contributed by atoms with Gasteiger partial charge in [0.05, 0.1) is 12.0 Å². The summed E-state index contributed by atoms with van der Waals surface area (Å²) in [6.45, 7) is 7.45. The van der Waals surface area contributed by atoms with Crippen LogP contribution in [0.4, 0.5) is 5.69 Å². The van der Waals surface area contributed by atoms with Crippen molar-refractivity contribution in [2.45, 2.75) is 39.7 Å². The molecule has 1 atom stereocenters. The number of nitrogens with one attached hydrogen (secondary N) is 1. The van der Waals surface area contributed by atoms with E-state index < -0.39 is 0 Å². The Morgan fingerprint density at radius 1 is 1.46 bits per heavy atom. The molecule has 1 fully saturated rings. The van der Waals surface area contributed by atoms with Crippen LogP contribution in [0.3, 0.4) is 0 Å². The Balaban J connectivity index is 1.85. The van der Waals surface area contributed by atoms with Gasteiger partial charge in [-0.05, 0) is 44.9 Å². The number of anilines is 1. The van der Waals surface area contributed by atoms with Gasteiger partial charge in [-0.15, -0.1) is 0 Å². The molecule has 0 saturated carbocycles. The van der Waals surface area contributed by atoms with Crippen LogP contribution in [-0.2, 0) is 14.3 Å². The molecule has 0 aromatic heterocycles. The van der Waals surface area contributed by atoms with Gasteiger partial charge in [0.15, 0.2) is 0 Å². The quantitative estimate of drug-likeness (QED) is 0.767. The minimum Gasteiger partial charge on any atom is -0.379 e. The molecule has 1 aromatic rings. The third kappa shape index (κ3) is 4.95. The van der Waals surface area contributed by atoms with Gasteiger partial charge in [0, 0.05) is 36.8 Å². The smallest absolute Gasteiger partial charge is 0.227 e. The molecule has 1 aromatic carbocycles. The van der Waals surface area contributed by atoms with Gasteiger partial charge in [0.2, 0.25) is 11.8 Å². The van der Waals surface area contributed by atoms with Crippen LogP contribution in [-0.4, -0.2) is 37.6 Å². The van der Waals surface area contributed by atoms with Crippen molar-refractivity contribution in [3.63, 3.8) is 0 Å².